The summed E-state index contributed by atoms with van der Waals surface area (Å²) in [7, 11) is 1.64. The number of aromatic nitrogens is 1. The number of nitrogens with one attached hydrogen (secondary N) is 2. The number of fused-ring (bicyclic) bond motifs is 1. The highest BCUT2D eigenvalue weighted by atomic mass is 16.5. The van der Waals surface area contributed by atoms with Gasteiger partial charge in [0.25, 0.3) is 5.91 Å². The lowest BCUT2D eigenvalue weighted by Crippen LogP contribution is -2.19. The molecule has 4 nitrogen and oxygen atoms in total. The molecule has 3 rings (SSSR count). The number of aromatic amines is 1. The molecule has 1 aromatic carbocycles. The molecule has 0 radical (unpaired) electrons. The standard InChI is InChI=1S/C16H20N2O2/c1-9-4-5-10(2)13-12(9)15(20-8-11-6-7-11)14(18-13)16(19)17-3/h4-5,11,18H,6-8H2,1-3H3,(H,17,19). The van der Waals surface area contributed by atoms with Crippen molar-refractivity contribution < 1.29 is 9.53 Å². The smallest absolute Gasteiger partial charge is 0.271 e. The Morgan fingerprint density at radius 2 is 2.05 bits per heavy atom. The molecule has 4 heteroatoms. The van der Waals surface area contributed by atoms with Gasteiger partial charge in [-0.3, -0.25) is 4.79 Å². The van der Waals surface area contributed by atoms with Crippen LogP contribution >= 0.6 is 0 Å². The van der Waals surface area contributed by atoms with Crippen LogP contribution in [0.4, 0.5) is 0 Å². The van der Waals surface area contributed by atoms with Crippen LogP contribution in [0, 0.1) is 19.8 Å². The quantitative estimate of drug-likeness (QED) is 0.899. The minimum absolute atomic E-state index is 0.134. The van der Waals surface area contributed by atoms with Crippen LogP contribution in [0.25, 0.3) is 10.9 Å². The zero-order valence-corrected chi connectivity index (χ0v) is 12.2. The molecule has 1 saturated carbocycles. The molecule has 1 heterocycles. The fourth-order valence-electron chi connectivity index (χ4n) is 2.49. The zero-order chi connectivity index (χ0) is 14.3. The highest BCUT2D eigenvalue weighted by Crippen LogP contribution is 2.37. The highest BCUT2D eigenvalue weighted by Gasteiger charge is 2.25. The van der Waals surface area contributed by atoms with Crippen molar-refractivity contribution in [2.24, 2.45) is 5.92 Å². The van der Waals surface area contributed by atoms with E-state index in [9.17, 15) is 4.79 Å². The van der Waals surface area contributed by atoms with Crippen molar-refractivity contribution >= 4 is 16.8 Å². The minimum Gasteiger partial charge on any atom is -0.490 e. The van der Waals surface area contributed by atoms with Crippen LogP contribution < -0.4 is 10.1 Å². The SMILES string of the molecule is CNC(=O)c1[nH]c2c(C)ccc(C)c2c1OCC1CC1. The number of aryl methyl sites for hydroxylation is 2. The van der Waals surface area contributed by atoms with Gasteiger partial charge in [0, 0.05) is 12.4 Å². The summed E-state index contributed by atoms with van der Waals surface area (Å²) in [6.45, 7) is 4.79. The lowest BCUT2D eigenvalue weighted by atomic mass is 10.1. The molecular weight excluding hydrogens is 252 g/mol. The molecule has 2 aromatic rings. The average Bonchev–Trinajstić information content (AvgIpc) is 3.19. The second-order valence-corrected chi connectivity index (χ2v) is 5.61. The number of hydrogen-bond acceptors (Lipinski definition) is 2. The van der Waals surface area contributed by atoms with Gasteiger partial charge in [-0.25, -0.2) is 0 Å². The molecule has 1 fully saturated rings. The predicted molar refractivity (Wildman–Crippen MR) is 79.4 cm³/mol. The van der Waals surface area contributed by atoms with Gasteiger partial charge in [-0.05, 0) is 43.7 Å². The van der Waals surface area contributed by atoms with Crippen molar-refractivity contribution in [1.29, 1.82) is 0 Å². The Labute approximate surface area is 118 Å². The van der Waals surface area contributed by atoms with Gasteiger partial charge in [0.2, 0.25) is 0 Å². The van der Waals surface area contributed by atoms with Crippen molar-refractivity contribution in [2.75, 3.05) is 13.7 Å². The molecule has 0 atom stereocenters. The van der Waals surface area contributed by atoms with Gasteiger partial charge in [0.1, 0.15) is 5.69 Å². The van der Waals surface area contributed by atoms with E-state index in [-0.39, 0.29) is 5.91 Å². The van der Waals surface area contributed by atoms with E-state index in [0.29, 0.717) is 24.0 Å². The molecular formula is C16H20N2O2. The first-order valence-electron chi connectivity index (χ1n) is 7.08. The van der Waals surface area contributed by atoms with Gasteiger partial charge >= 0.3 is 0 Å². The van der Waals surface area contributed by atoms with Gasteiger partial charge in [0.05, 0.1) is 12.1 Å². The summed E-state index contributed by atoms with van der Waals surface area (Å²) in [5.41, 5.74) is 3.77. The number of rotatable bonds is 4. The average molecular weight is 272 g/mol. The molecule has 1 aliphatic rings. The van der Waals surface area contributed by atoms with Crippen LogP contribution in [0.2, 0.25) is 0 Å². The summed E-state index contributed by atoms with van der Waals surface area (Å²) >= 11 is 0. The van der Waals surface area contributed by atoms with E-state index in [0.717, 1.165) is 22.0 Å². The summed E-state index contributed by atoms with van der Waals surface area (Å²) in [6, 6.07) is 4.13. The maximum Gasteiger partial charge on any atom is 0.271 e. The molecule has 0 saturated heterocycles. The van der Waals surface area contributed by atoms with Gasteiger partial charge in [-0.15, -0.1) is 0 Å². The Morgan fingerprint density at radius 1 is 1.35 bits per heavy atom. The van der Waals surface area contributed by atoms with Crippen molar-refractivity contribution in [1.82, 2.24) is 10.3 Å². The molecule has 0 bridgehead atoms. The Balaban J connectivity index is 2.14. The zero-order valence-electron chi connectivity index (χ0n) is 12.2. The van der Waals surface area contributed by atoms with Crippen LogP contribution in [-0.4, -0.2) is 24.5 Å². The van der Waals surface area contributed by atoms with E-state index in [1.165, 1.54) is 12.8 Å². The number of H-pyrrole nitrogens is 1. The van der Waals surface area contributed by atoms with Gasteiger partial charge in [-0.2, -0.15) is 0 Å². The molecule has 2 N–H and O–H groups in total. The third-order valence-electron chi connectivity index (χ3n) is 3.94. The molecule has 1 amide bonds. The molecule has 0 spiro atoms. The molecule has 1 aromatic heterocycles. The second kappa shape index (κ2) is 4.85. The van der Waals surface area contributed by atoms with Crippen LogP contribution in [0.3, 0.4) is 0 Å². The fraction of sp³-hybridized carbons (Fsp3) is 0.438. The number of carbonyl (C=O) groups is 1. The van der Waals surface area contributed by atoms with E-state index in [1.54, 1.807) is 7.05 Å². The van der Waals surface area contributed by atoms with Gasteiger partial charge in [0.15, 0.2) is 5.75 Å². The Bertz CT molecular complexity index is 669. The predicted octanol–water partition coefficient (Wildman–Crippen LogP) is 2.93. The first kappa shape index (κ1) is 13.0. The number of hydrogen-bond donors (Lipinski definition) is 2. The first-order valence-corrected chi connectivity index (χ1v) is 7.08. The van der Waals surface area contributed by atoms with Crippen molar-refractivity contribution in [2.45, 2.75) is 26.7 Å². The molecule has 20 heavy (non-hydrogen) atoms. The maximum atomic E-state index is 12.1. The van der Waals surface area contributed by atoms with E-state index >= 15 is 0 Å². The summed E-state index contributed by atoms with van der Waals surface area (Å²) in [5.74, 6) is 1.22. The maximum absolute atomic E-state index is 12.1. The second-order valence-electron chi connectivity index (χ2n) is 5.61. The third-order valence-corrected chi connectivity index (χ3v) is 3.94. The molecule has 1 aliphatic carbocycles. The summed E-state index contributed by atoms with van der Waals surface area (Å²) in [6.07, 6.45) is 2.46. The lowest BCUT2D eigenvalue weighted by Gasteiger charge is -2.08. The molecule has 106 valence electrons. The lowest BCUT2D eigenvalue weighted by molar-refractivity contribution is 0.0954. The van der Waals surface area contributed by atoms with Gasteiger partial charge < -0.3 is 15.0 Å². The van der Waals surface area contributed by atoms with Crippen LogP contribution in [-0.2, 0) is 0 Å². The van der Waals surface area contributed by atoms with Crippen LogP contribution in [0.5, 0.6) is 5.75 Å². The summed E-state index contributed by atoms with van der Waals surface area (Å²) in [4.78, 5) is 15.3. The first-order chi connectivity index (χ1) is 9.61. The van der Waals surface area contributed by atoms with Crippen molar-refractivity contribution in [3.8, 4) is 5.75 Å². The van der Waals surface area contributed by atoms with Crippen LogP contribution in [0.1, 0.15) is 34.5 Å². The summed E-state index contributed by atoms with van der Waals surface area (Å²) in [5, 5.41) is 3.71. The van der Waals surface area contributed by atoms with E-state index in [2.05, 4.69) is 22.4 Å². The summed E-state index contributed by atoms with van der Waals surface area (Å²) < 4.78 is 5.98. The number of carbonyl (C=O) groups excluding carboxylic acids is 1. The number of ether oxygens (including phenoxy) is 1. The number of benzene rings is 1. The third kappa shape index (κ3) is 2.15. The van der Waals surface area contributed by atoms with E-state index in [4.69, 9.17) is 4.74 Å². The molecule has 0 aliphatic heterocycles. The van der Waals surface area contributed by atoms with Gasteiger partial charge in [-0.1, -0.05) is 12.1 Å². The van der Waals surface area contributed by atoms with E-state index in [1.807, 2.05) is 13.8 Å². The molecule has 0 unspecified atom stereocenters. The monoisotopic (exact) mass is 272 g/mol. The Morgan fingerprint density at radius 3 is 2.70 bits per heavy atom. The normalized spacial score (nSPS) is 14.6. The highest BCUT2D eigenvalue weighted by molar-refractivity contribution is 6.05. The largest absolute Gasteiger partial charge is 0.490 e. The Kier molecular flexibility index (Phi) is 3.16. The number of amides is 1. The topological polar surface area (TPSA) is 54.1 Å². The van der Waals surface area contributed by atoms with Crippen molar-refractivity contribution in [3.63, 3.8) is 0 Å². The van der Waals surface area contributed by atoms with Crippen molar-refractivity contribution in [3.05, 3.63) is 29.0 Å². The van der Waals surface area contributed by atoms with E-state index < -0.39 is 0 Å². The minimum atomic E-state index is -0.134. The Hall–Kier alpha value is -1.97. The van der Waals surface area contributed by atoms with Crippen LogP contribution in [0.15, 0.2) is 12.1 Å². The fourth-order valence-corrected chi connectivity index (χ4v) is 2.49.